The Bertz CT molecular complexity index is 647. The highest BCUT2D eigenvalue weighted by Gasteiger charge is 2.15. The third-order valence-corrected chi connectivity index (χ3v) is 3.40. The Morgan fingerprint density at radius 1 is 1.14 bits per heavy atom. The maximum Gasteiger partial charge on any atom is 0.265 e. The molecule has 0 heterocycles. The Morgan fingerprint density at radius 2 is 1.81 bits per heavy atom. The molecule has 21 heavy (non-hydrogen) atoms. The van der Waals surface area contributed by atoms with Crippen LogP contribution in [0.1, 0.15) is 6.92 Å². The molecule has 0 fully saturated rings. The summed E-state index contributed by atoms with van der Waals surface area (Å²) in [5.41, 5.74) is 0.178. The van der Waals surface area contributed by atoms with Crippen LogP contribution in [0.4, 0.5) is 14.5 Å². The van der Waals surface area contributed by atoms with Gasteiger partial charge in [-0.1, -0.05) is 0 Å². The Kier molecular flexibility index (Phi) is 5.11. The van der Waals surface area contributed by atoms with Crippen LogP contribution in [-0.4, -0.2) is 12.0 Å². The molecule has 0 spiro atoms. The van der Waals surface area contributed by atoms with Gasteiger partial charge >= 0.3 is 0 Å². The normalized spacial score (nSPS) is 11.8. The lowest BCUT2D eigenvalue weighted by Crippen LogP contribution is -2.30. The molecule has 0 unspecified atom stereocenters. The molecule has 0 aliphatic carbocycles. The molecule has 1 atom stereocenters. The minimum absolute atomic E-state index is 0.178. The van der Waals surface area contributed by atoms with Crippen molar-refractivity contribution < 1.29 is 18.3 Å². The minimum Gasteiger partial charge on any atom is -0.481 e. The van der Waals surface area contributed by atoms with Crippen LogP contribution in [0.3, 0.4) is 0 Å². The summed E-state index contributed by atoms with van der Waals surface area (Å²) in [5.74, 6) is -1.86. The van der Waals surface area contributed by atoms with Crippen LogP contribution in [0.25, 0.3) is 0 Å². The van der Waals surface area contributed by atoms with Crippen molar-refractivity contribution >= 4 is 34.2 Å². The number of carbonyl (C=O) groups is 1. The van der Waals surface area contributed by atoms with Crippen molar-refractivity contribution in [2.75, 3.05) is 5.32 Å². The number of hydrogen-bond acceptors (Lipinski definition) is 2. The molecule has 0 aliphatic heterocycles. The summed E-state index contributed by atoms with van der Waals surface area (Å²) in [6.45, 7) is 1.58. The van der Waals surface area contributed by atoms with Gasteiger partial charge in [0.2, 0.25) is 0 Å². The van der Waals surface area contributed by atoms with Gasteiger partial charge in [0.15, 0.2) is 17.7 Å². The zero-order chi connectivity index (χ0) is 15.4. The molecule has 2 rings (SSSR count). The van der Waals surface area contributed by atoms with Crippen LogP contribution in [0, 0.1) is 15.2 Å². The summed E-state index contributed by atoms with van der Waals surface area (Å²) in [5, 5.41) is 2.47. The Labute approximate surface area is 134 Å². The van der Waals surface area contributed by atoms with E-state index < -0.39 is 23.6 Å². The lowest BCUT2D eigenvalue weighted by molar-refractivity contribution is -0.122. The highest BCUT2D eigenvalue weighted by Crippen LogP contribution is 2.17. The van der Waals surface area contributed by atoms with Gasteiger partial charge in [-0.2, -0.15) is 0 Å². The third kappa shape index (κ3) is 4.38. The van der Waals surface area contributed by atoms with E-state index in [1.807, 2.05) is 12.1 Å². The van der Waals surface area contributed by atoms with Gasteiger partial charge in [0.05, 0.1) is 0 Å². The molecule has 0 radical (unpaired) electrons. The van der Waals surface area contributed by atoms with E-state index in [0.717, 1.165) is 15.7 Å². The number of carbonyl (C=O) groups excluding carboxylic acids is 1. The molecule has 0 saturated carbocycles. The summed E-state index contributed by atoms with van der Waals surface area (Å²) < 4.78 is 32.4. The first-order valence-corrected chi connectivity index (χ1v) is 7.22. The first-order chi connectivity index (χ1) is 9.95. The molecule has 2 aromatic rings. The lowest BCUT2D eigenvalue weighted by Gasteiger charge is -2.15. The number of amides is 1. The van der Waals surface area contributed by atoms with Gasteiger partial charge in [0, 0.05) is 15.3 Å². The van der Waals surface area contributed by atoms with E-state index in [9.17, 15) is 13.6 Å². The molecule has 110 valence electrons. The molecular formula is C15H12F2INO2. The smallest absolute Gasteiger partial charge is 0.265 e. The molecule has 0 aliphatic rings. The summed E-state index contributed by atoms with van der Waals surface area (Å²) >= 11 is 2.16. The van der Waals surface area contributed by atoms with E-state index in [2.05, 4.69) is 27.9 Å². The van der Waals surface area contributed by atoms with Crippen LogP contribution < -0.4 is 10.1 Å². The van der Waals surface area contributed by atoms with E-state index in [1.54, 1.807) is 19.1 Å². The van der Waals surface area contributed by atoms with Crippen molar-refractivity contribution in [1.29, 1.82) is 0 Å². The summed E-state index contributed by atoms with van der Waals surface area (Å²) in [6.07, 6.45) is -0.766. The summed E-state index contributed by atoms with van der Waals surface area (Å²) in [6, 6.07) is 10.4. The molecule has 0 aromatic heterocycles. The SMILES string of the molecule is C[C@H](Oc1ccc(I)cc1)C(=O)Nc1ccc(F)c(F)c1. The van der Waals surface area contributed by atoms with E-state index in [0.29, 0.717) is 5.75 Å². The fourth-order valence-electron chi connectivity index (χ4n) is 1.59. The van der Waals surface area contributed by atoms with Crippen LogP contribution in [0.15, 0.2) is 42.5 Å². The highest BCUT2D eigenvalue weighted by molar-refractivity contribution is 14.1. The van der Waals surface area contributed by atoms with Crippen LogP contribution in [-0.2, 0) is 4.79 Å². The quantitative estimate of drug-likeness (QED) is 0.785. The van der Waals surface area contributed by atoms with Crippen LogP contribution in [0.2, 0.25) is 0 Å². The van der Waals surface area contributed by atoms with E-state index in [4.69, 9.17) is 4.74 Å². The summed E-state index contributed by atoms with van der Waals surface area (Å²) in [7, 11) is 0. The first-order valence-electron chi connectivity index (χ1n) is 6.14. The van der Waals surface area contributed by atoms with E-state index >= 15 is 0 Å². The molecule has 0 saturated heterocycles. The monoisotopic (exact) mass is 403 g/mol. The zero-order valence-electron chi connectivity index (χ0n) is 11.1. The zero-order valence-corrected chi connectivity index (χ0v) is 13.2. The molecule has 1 amide bonds. The van der Waals surface area contributed by atoms with Gasteiger partial charge in [0.25, 0.3) is 5.91 Å². The van der Waals surface area contributed by atoms with Gasteiger partial charge in [-0.25, -0.2) is 8.78 Å². The standard InChI is InChI=1S/C15H12F2INO2/c1-9(21-12-5-2-10(18)3-6-12)15(20)19-11-4-7-13(16)14(17)8-11/h2-9H,1H3,(H,19,20)/t9-/m0/s1. The highest BCUT2D eigenvalue weighted by atomic mass is 127. The largest absolute Gasteiger partial charge is 0.481 e. The first kappa shape index (κ1) is 15.7. The number of halogens is 3. The Morgan fingerprint density at radius 3 is 2.43 bits per heavy atom. The maximum atomic E-state index is 13.1. The topological polar surface area (TPSA) is 38.3 Å². The average molecular weight is 403 g/mol. The van der Waals surface area contributed by atoms with Crippen molar-refractivity contribution in [3.05, 3.63) is 57.7 Å². The predicted octanol–water partition coefficient (Wildman–Crippen LogP) is 3.98. The maximum absolute atomic E-state index is 13.1. The number of anilines is 1. The fraction of sp³-hybridized carbons (Fsp3) is 0.133. The van der Waals surface area contributed by atoms with Gasteiger partial charge in [-0.05, 0) is 65.9 Å². The average Bonchev–Trinajstić information content (AvgIpc) is 2.45. The minimum atomic E-state index is -1.01. The number of nitrogens with one attached hydrogen (secondary N) is 1. The Hall–Kier alpha value is -1.70. The second-order valence-electron chi connectivity index (χ2n) is 4.33. The molecule has 6 heteroatoms. The number of benzene rings is 2. The predicted molar refractivity (Wildman–Crippen MR) is 84.2 cm³/mol. The van der Waals surface area contributed by atoms with Crippen molar-refractivity contribution in [3.63, 3.8) is 0 Å². The van der Waals surface area contributed by atoms with Crippen molar-refractivity contribution in [2.45, 2.75) is 13.0 Å². The summed E-state index contributed by atoms with van der Waals surface area (Å²) in [4.78, 5) is 11.9. The van der Waals surface area contributed by atoms with E-state index in [-0.39, 0.29) is 5.69 Å². The molecule has 0 bridgehead atoms. The molecular weight excluding hydrogens is 391 g/mol. The van der Waals surface area contributed by atoms with Gasteiger partial charge in [0.1, 0.15) is 5.75 Å². The second kappa shape index (κ2) is 6.84. The number of ether oxygens (including phenoxy) is 1. The molecule has 1 N–H and O–H groups in total. The van der Waals surface area contributed by atoms with Crippen LogP contribution >= 0.6 is 22.6 Å². The van der Waals surface area contributed by atoms with Crippen molar-refractivity contribution in [2.24, 2.45) is 0 Å². The number of hydrogen-bond donors (Lipinski definition) is 1. The lowest BCUT2D eigenvalue weighted by atomic mass is 10.2. The van der Waals surface area contributed by atoms with Crippen molar-refractivity contribution in [1.82, 2.24) is 0 Å². The van der Waals surface area contributed by atoms with Gasteiger partial charge < -0.3 is 10.1 Å². The second-order valence-corrected chi connectivity index (χ2v) is 5.58. The van der Waals surface area contributed by atoms with Gasteiger partial charge in [-0.3, -0.25) is 4.79 Å². The fourth-order valence-corrected chi connectivity index (χ4v) is 1.95. The Balaban J connectivity index is 1.98. The van der Waals surface area contributed by atoms with Crippen molar-refractivity contribution in [3.8, 4) is 5.75 Å². The molecule has 2 aromatic carbocycles. The van der Waals surface area contributed by atoms with Crippen LogP contribution in [0.5, 0.6) is 5.75 Å². The number of rotatable bonds is 4. The third-order valence-electron chi connectivity index (χ3n) is 2.68. The van der Waals surface area contributed by atoms with Gasteiger partial charge in [-0.15, -0.1) is 0 Å². The van der Waals surface area contributed by atoms with E-state index in [1.165, 1.54) is 6.07 Å². The molecule has 3 nitrogen and oxygen atoms in total.